The number of aliphatic imine (C=N–C) groups is 1. The minimum atomic E-state index is -0.648. The molecule has 114 valence electrons. The number of nitrogens with zero attached hydrogens (tertiary/aromatic N) is 3. The van der Waals surface area contributed by atoms with Crippen LogP contribution < -0.4 is 0 Å². The van der Waals surface area contributed by atoms with E-state index in [0.29, 0.717) is 11.3 Å². The highest BCUT2D eigenvalue weighted by molar-refractivity contribution is 6.13. The van der Waals surface area contributed by atoms with Crippen LogP contribution in [-0.2, 0) is 16.6 Å². The van der Waals surface area contributed by atoms with Crippen LogP contribution in [0.1, 0.15) is 22.5 Å². The van der Waals surface area contributed by atoms with Crippen LogP contribution in [0, 0.1) is 24.1 Å². The van der Waals surface area contributed by atoms with E-state index in [1.807, 2.05) is 6.92 Å². The SMILES string of the molecule is Cc1c(/C=C2/N=C(c3ccccc3F)OC2=O)cc(C#N)n1C. The third kappa shape index (κ3) is 2.53. The summed E-state index contributed by atoms with van der Waals surface area (Å²) < 4.78 is 20.5. The van der Waals surface area contributed by atoms with Crippen molar-refractivity contribution in [2.45, 2.75) is 6.92 Å². The average molecular weight is 309 g/mol. The third-order valence-corrected chi connectivity index (χ3v) is 3.71. The molecule has 0 amide bonds. The average Bonchev–Trinajstić information content (AvgIpc) is 3.03. The highest BCUT2D eigenvalue weighted by Gasteiger charge is 2.26. The fraction of sp³-hybridized carbons (Fsp3) is 0.118. The molecular weight excluding hydrogens is 297 g/mol. The van der Waals surface area contributed by atoms with Gasteiger partial charge in [-0.2, -0.15) is 5.26 Å². The van der Waals surface area contributed by atoms with E-state index in [1.54, 1.807) is 29.8 Å². The van der Waals surface area contributed by atoms with Crippen LogP contribution >= 0.6 is 0 Å². The molecule has 0 radical (unpaired) electrons. The molecule has 23 heavy (non-hydrogen) atoms. The van der Waals surface area contributed by atoms with Gasteiger partial charge in [-0.05, 0) is 36.8 Å². The van der Waals surface area contributed by atoms with Crippen LogP contribution in [0.25, 0.3) is 6.08 Å². The summed E-state index contributed by atoms with van der Waals surface area (Å²) in [5.74, 6) is -1.22. The Bertz CT molecular complexity index is 916. The van der Waals surface area contributed by atoms with Gasteiger partial charge in [0.05, 0.1) is 5.56 Å². The first-order valence-electron chi connectivity index (χ1n) is 6.85. The van der Waals surface area contributed by atoms with Crippen molar-refractivity contribution < 1.29 is 13.9 Å². The maximum atomic E-state index is 13.8. The van der Waals surface area contributed by atoms with Crippen LogP contribution in [0.2, 0.25) is 0 Å². The predicted molar refractivity (Wildman–Crippen MR) is 81.9 cm³/mol. The Kier molecular flexibility index (Phi) is 3.54. The van der Waals surface area contributed by atoms with Crippen LogP contribution in [0.5, 0.6) is 0 Å². The Hall–Kier alpha value is -3.20. The van der Waals surface area contributed by atoms with Gasteiger partial charge in [-0.1, -0.05) is 12.1 Å². The van der Waals surface area contributed by atoms with E-state index in [9.17, 15) is 9.18 Å². The molecule has 1 aliphatic rings. The van der Waals surface area contributed by atoms with Crippen molar-refractivity contribution in [1.29, 1.82) is 5.26 Å². The summed E-state index contributed by atoms with van der Waals surface area (Å²) in [6, 6.07) is 9.67. The quantitative estimate of drug-likeness (QED) is 0.632. The zero-order valence-corrected chi connectivity index (χ0v) is 12.5. The van der Waals surface area contributed by atoms with E-state index in [2.05, 4.69) is 11.1 Å². The van der Waals surface area contributed by atoms with Crippen molar-refractivity contribution >= 4 is 17.9 Å². The van der Waals surface area contributed by atoms with Crippen LogP contribution in [0.4, 0.5) is 4.39 Å². The Morgan fingerprint density at radius 1 is 1.39 bits per heavy atom. The zero-order valence-electron chi connectivity index (χ0n) is 12.5. The standard InChI is InChI=1S/C17H12FN3O2/c1-10-11(7-12(9-19)21(10)2)8-15-17(22)23-16(20-15)13-5-3-4-6-14(13)18/h3-8H,1-2H3/b15-8+. The molecule has 0 fully saturated rings. The number of benzene rings is 1. The predicted octanol–water partition coefficient (Wildman–Crippen LogP) is 2.69. The Labute approximate surface area is 131 Å². The highest BCUT2D eigenvalue weighted by atomic mass is 19.1. The number of esters is 1. The maximum Gasteiger partial charge on any atom is 0.363 e. The lowest BCUT2D eigenvalue weighted by atomic mass is 10.2. The minimum Gasteiger partial charge on any atom is -0.402 e. The molecule has 2 aromatic rings. The van der Waals surface area contributed by atoms with Gasteiger partial charge in [0, 0.05) is 12.7 Å². The minimum absolute atomic E-state index is 0.0616. The van der Waals surface area contributed by atoms with Gasteiger partial charge < -0.3 is 9.30 Å². The second-order valence-corrected chi connectivity index (χ2v) is 5.06. The molecule has 0 saturated heterocycles. The van der Waals surface area contributed by atoms with E-state index < -0.39 is 11.8 Å². The summed E-state index contributed by atoms with van der Waals surface area (Å²) in [6.45, 7) is 1.83. The van der Waals surface area contributed by atoms with Crippen LogP contribution in [0.15, 0.2) is 41.0 Å². The van der Waals surface area contributed by atoms with Crippen molar-refractivity contribution in [2.75, 3.05) is 0 Å². The van der Waals surface area contributed by atoms with Gasteiger partial charge in [-0.3, -0.25) is 0 Å². The number of cyclic esters (lactones) is 1. The lowest BCUT2D eigenvalue weighted by molar-refractivity contribution is -0.129. The molecule has 0 aliphatic carbocycles. The molecule has 3 rings (SSSR count). The molecule has 1 aliphatic heterocycles. The van der Waals surface area contributed by atoms with E-state index in [4.69, 9.17) is 10.00 Å². The number of halogens is 1. The monoisotopic (exact) mass is 309 g/mol. The van der Waals surface area contributed by atoms with Crippen LogP contribution in [-0.4, -0.2) is 16.4 Å². The van der Waals surface area contributed by atoms with Gasteiger partial charge in [-0.25, -0.2) is 14.2 Å². The third-order valence-electron chi connectivity index (χ3n) is 3.71. The molecular formula is C17H12FN3O2. The molecule has 0 spiro atoms. The molecule has 0 atom stereocenters. The van der Waals surface area contributed by atoms with E-state index in [0.717, 1.165) is 5.69 Å². The summed E-state index contributed by atoms with van der Waals surface area (Å²) in [5, 5.41) is 9.04. The molecule has 0 bridgehead atoms. The van der Waals surface area contributed by atoms with E-state index in [1.165, 1.54) is 18.2 Å². The molecule has 2 heterocycles. The molecule has 1 aromatic heterocycles. The maximum absolute atomic E-state index is 13.8. The molecule has 0 saturated carbocycles. The first kappa shape index (κ1) is 14.7. The van der Waals surface area contributed by atoms with Crippen molar-refractivity contribution in [3.63, 3.8) is 0 Å². The summed E-state index contributed by atoms with van der Waals surface area (Å²) in [4.78, 5) is 16.0. The lowest BCUT2D eigenvalue weighted by Gasteiger charge is -1.99. The second-order valence-electron chi connectivity index (χ2n) is 5.06. The highest BCUT2D eigenvalue weighted by Crippen LogP contribution is 2.23. The fourth-order valence-electron chi connectivity index (χ4n) is 2.28. The van der Waals surface area contributed by atoms with Gasteiger partial charge in [0.15, 0.2) is 5.70 Å². The van der Waals surface area contributed by atoms with Gasteiger partial charge in [-0.15, -0.1) is 0 Å². The van der Waals surface area contributed by atoms with Crippen molar-refractivity contribution in [3.05, 3.63) is 64.4 Å². The van der Waals surface area contributed by atoms with Crippen molar-refractivity contribution in [1.82, 2.24) is 4.57 Å². The number of carbonyl (C=O) groups is 1. The normalized spacial score (nSPS) is 15.5. The number of ether oxygens (including phenoxy) is 1. The summed E-state index contributed by atoms with van der Waals surface area (Å²) >= 11 is 0. The Morgan fingerprint density at radius 2 is 2.13 bits per heavy atom. The molecule has 6 heteroatoms. The van der Waals surface area contributed by atoms with Crippen molar-refractivity contribution in [3.8, 4) is 6.07 Å². The smallest absolute Gasteiger partial charge is 0.363 e. The topological polar surface area (TPSA) is 67.4 Å². The molecule has 5 nitrogen and oxygen atoms in total. The number of carbonyl (C=O) groups excluding carboxylic acids is 1. The number of aromatic nitrogens is 1. The van der Waals surface area contributed by atoms with Crippen LogP contribution in [0.3, 0.4) is 0 Å². The fourth-order valence-corrected chi connectivity index (χ4v) is 2.28. The second kappa shape index (κ2) is 5.54. The van der Waals surface area contributed by atoms with E-state index >= 15 is 0 Å². The number of hydrogen-bond acceptors (Lipinski definition) is 4. The first-order chi connectivity index (χ1) is 11.0. The van der Waals surface area contributed by atoms with Crippen molar-refractivity contribution in [2.24, 2.45) is 12.0 Å². The molecule has 0 unspecified atom stereocenters. The lowest BCUT2D eigenvalue weighted by Crippen LogP contribution is -2.07. The van der Waals surface area contributed by atoms with Gasteiger partial charge in [0.25, 0.3) is 0 Å². The largest absolute Gasteiger partial charge is 0.402 e. The summed E-state index contributed by atoms with van der Waals surface area (Å²) in [7, 11) is 1.76. The van der Waals surface area contributed by atoms with Gasteiger partial charge in [0.2, 0.25) is 5.90 Å². The molecule has 0 N–H and O–H groups in total. The summed E-state index contributed by atoms with van der Waals surface area (Å²) in [6.07, 6.45) is 1.53. The van der Waals surface area contributed by atoms with Gasteiger partial charge in [0.1, 0.15) is 17.6 Å². The number of rotatable bonds is 2. The Balaban J connectivity index is 2.03. The number of nitriles is 1. The number of hydrogen-bond donors (Lipinski definition) is 0. The summed E-state index contributed by atoms with van der Waals surface area (Å²) in [5.41, 5.74) is 2.18. The van der Waals surface area contributed by atoms with E-state index in [-0.39, 0.29) is 17.2 Å². The van der Waals surface area contributed by atoms with Gasteiger partial charge >= 0.3 is 5.97 Å². The zero-order chi connectivity index (χ0) is 16.6. The molecule has 1 aromatic carbocycles. The Morgan fingerprint density at radius 3 is 2.78 bits per heavy atom. The first-order valence-corrected chi connectivity index (χ1v) is 6.85.